The Balaban J connectivity index is 1.24. The fourth-order valence-electron chi connectivity index (χ4n) is 4.70. The van der Waals surface area contributed by atoms with Gasteiger partial charge in [0, 0.05) is 29.2 Å². The fraction of sp³-hybridized carbons (Fsp3) is 0.500. The number of rotatable bonds is 14. The Morgan fingerprint density at radius 1 is 1.09 bits per heavy atom. The number of pyridine rings is 1. The van der Waals surface area contributed by atoms with E-state index in [9.17, 15) is 18.8 Å². The maximum absolute atomic E-state index is 14.4. The zero-order valence-corrected chi connectivity index (χ0v) is 26.1. The number of nitrogens with zero attached hydrogens (tertiary/aromatic N) is 4. The molecule has 0 aromatic carbocycles. The fourth-order valence-corrected chi connectivity index (χ4v) is 5.51. The van der Waals surface area contributed by atoms with Crippen molar-refractivity contribution in [1.29, 1.82) is 0 Å². The molecule has 3 aromatic heterocycles. The normalized spacial score (nSPS) is 15.3. The SMILES string of the molecule is CC(C)[C@H](N)C(=O)N[C@H](C(=O)OCC(=O)NCc1cnc(-c2ccc(NCC3(c4ncccc4F)CCC3)nn2)s1)C(C)C. The molecule has 0 saturated heterocycles. The lowest BCUT2D eigenvalue weighted by molar-refractivity contribution is -0.153. The van der Waals surface area contributed by atoms with Crippen molar-refractivity contribution >= 4 is 34.9 Å². The van der Waals surface area contributed by atoms with Crippen molar-refractivity contribution in [2.45, 2.75) is 71.0 Å². The molecular weight excluding hydrogens is 587 g/mol. The van der Waals surface area contributed by atoms with E-state index in [1.165, 1.54) is 17.4 Å². The molecule has 1 aliphatic rings. The topological polar surface area (TPSA) is 174 Å². The van der Waals surface area contributed by atoms with Crippen LogP contribution in [0.25, 0.3) is 10.7 Å². The molecule has 0 spiro atoms. The summed E-state index contributed by atoms with van der Waals surface area (Å²) in [5, 5.41) is 17.8. The molecule has 0 radical (unpaired) electrons. The van der Waals surface area contributed by atoms with Crippen LogP contribution >= 0.6 is 11.3 Å². The van der Waals surface area contributed by atoms with Crippen LogP contribution in [-0.2, 0) is 31.1 Å². The first-order valence-electron chi connectivity index (χ1n) is 14.6. The molecule has 14 heteroatoms. The number of amides is 2. The predicted octanol–water partition coefficient (Wildman–Crippen LogP) is 2.95. The lowest BCUT2D eigenvalue weighted by Gasteiger charge is -2.41. The molecule has 0 aliphatic heterocycles. The second kappa shape index (κ2) is 14.6. The van der Waals surface area contributed by atoms with E-state index in [-0.39, 0.29) is 29.6 Å². The van der Waals surface area contributed by atoms with E-state index in [1.54, 1.807) is 44.4 Å². The molecule has 1 aliphatic carbocycles. The van der Waals surface area contributed by atoms with E-state index in [2.05, 4.69) is 36.1 Å². The summed E-state index contributed by atoms with van der Waals surface area (Å²) in [4.78, 5) is 46.7. The van der Waals surface area contributed by atoms with Gasteiger partial charge in [0.05, 0.1) is 18.3 Å². The highest BCUT2D eigenvalue weighted by Crippen LogP contribution is 2.43. The van der Waals surface area contributed by atoms with Crippen molar-refractivity contribution < 1.29 is 23.5 Å². The molecule has 3 aromatic rings. The summed E-state index contributed by atoms with van der Waals surface area (Å²) in [5.41, 5.74) is 6.57. The Morgan fingerprint density at radius 2 is 1.86 bits per heavy atom. The van der Waals surface area contributed by atoms with Gasteiger partial charge in [-0.15, -0.1) is 21.5 Å². The number of aromatic nitrogens is 4. The lowest BCUT2D eigenvalue weighted by atomic mass is 9.66. The van der Waals surface area contributed by atoms with Gasteiger partial charge in [0.2, 0.25) is 5.91 Å². The number of nitrogens with one attached hydrogen (secondary N) is 3. The van der Waals surface area contributed by atoms with Gasteiger partial charge < -0.3 is 26.4 Å². The van der Waals surface area contributed by atoms with E-state index in [0.29, 0.717) is 28.8 Å². The van der Waals surface area contributed by atoms with Gasteiger partial charge in [0.25, 0.3) is 5.91 Å². The van der Waals surface area contributed by atoms with Gasteiger partial charge in [-0.05, 0) is 48.9 Å². The first-order chi connectivity index (χ1) is 21.0. The second-order valence-corrected chi connectivity index (χ2v) is 12.8. The van der Waals surface area contributed by atoms with Gasteiger partial charge in [-0.1, -0.05) is 34.1 Å². The molecule has 1 fully saturated rings. The number of hydrogen-bond donors (Lipinski definition) is 4. The number of anilines is 1. The van der Waals surface area contributed by atoms with Crippen molar-refractivity contribution in [1.82, 2.24) is 30.8 Å². The summed E-state index contributed by atoms with van der Waals surface area (Å²) < 4.78 is 19.6. The maximum atomic E-state index is 14.4. The molecule has 0 bridgehead atoms. The Bertz CT molecular complexity index is 1440. The third kappa shape index (κ3) is 8.11. The molecule has 44 heavy (non-hydrogen) atoms. The molecule has 0 unspecified atom stereocenters. The number of esters is 1. The average molecular weight is 627 g/mol. The lowest BCUT2D eigenvalue weighted by Crippen LogP contribution is -2.52. The first-order valence-corrected chi connectivity index (χ1v) is 15.4. The van der Waals surface area contributed by atoms with Crippen LogP contribution < -0.4 is 21.7 Å². The van der Waals surface area contributed by atoms with Gasteiger partial charge in [-0.3, -0.25) is 14.6 Å². The zero-order chi connectivity index (χ0) is 31.9. The third-order valence-corrected chi connectivity index (χ3v) is 8.68. The van der Waals surface area contributed by atoms with Crippen LogP contribution in [0.1, 0.15) is 57.5 Å². The van der Waals surface area contributed by atoms with Crippen molar-refractivity contribution in [2.75, 3.05) is 18.5 Å². The van der Waals surface area contributed by atoms with Crippen LogP contribution in [0.5, 0.6) is 0 Å². The number of carbonyl (C=O) groups is 3. The van der Waals surface area contributed by atoms with E-state index in [1.807, 2.05) is 13.8 Å². The first kappa shape index (κ1) is 32.9. The number of ether oxygens (including phenoxy) is 1. The van der Waals surface area contributed by atoms with Crippen LogP contribution in [0, 0.1) is 17.7 Å². The highest BCUT2D eigenvalue weighted by molar-refractivity contribution is 7.15. The molecule has 12 nitrogen and oxygen atoms in total. The molecule has 3 heterocycles. The van der Waals surface area contributed by atoms with E-state index < -0.39 is 36.5 Å². The van der Waals surface area contributed by atoms with Gasteiger partial charge in [-0.2, -0.15) is 0 Å². The highest BCUT2D eigenvalue weighted by Gasteiger charge is 2.41. The highest BCUT2D eigenvalue weighted by atomic mass is 32.1. The monoisotopic (exact) mass is 626 g/mol. The average Bonchev–Trinajstić information content (AvgIpc) is 3.46. The molecule has 5 N–H and O–H groups in total. The van der Waals surface area contributed by atoms with Crippen LogP contribution in [0.4, 0.5) is 10.2 Å². The molecule has 1 saturated carbocycles. The molecule has 4 rings (SSSR count). The smallest absolute Gasteiger partial charge is 0.329 e. The summed E-state index contributed by atoms with van der Waals surface area (Å²) in [6.07, 6.45) is 5.97. The Morgan fingerprint density at radius 3 is 2.48 bits per heavy atom. The van der Waals surface area contributed by atoms with E-state index in [4.69, 9.17) is 10.5 Å². The predicted molar refractivity (Wildman–Crippen MR) is 164 cm³/mol. The van der Waals surface area contributed by atoms with Crippen molar-refractivity contribution in [3.63, 3.8) is 0 Å². The number of nitrogens with two attached hydrogens (primary N) is 1. The van der Waals surface area contributed by atoms with Gasteiger partial charge in [0.1, 0.15) is 28.4 Å². The van der Waals surface area contributed by atoms with Crippen molar-refractivity contribution in [2.24, 2.45) is 17.6 Å². The van der Waals surface area contributed by atoms with Crippen LogP contribution in [0.3, 0.4) is 0 Å². The Labute approximate surface area is 259 Å². The van der Waals surface area contributed by atoms with Gasteiger partial charge in [0.15, 0.2) is 6.61 Å². The van der Waals surface area contributed by atoms with Crippen molar-refractivity contribution in [3.05, 3.63) is 53.0 Å². The zero-order valence-electron chi connectivity index (χ0n) is 25.3. The molecule has 2 amide bonds. The summed E-state index contributed by atoms with van der Waals surface area (Å²) in [5.74, 6) is -1.73. The maximum Gasteiger partial charge on any atom is 0.329 e. The van der Waals surface area contributed by atoms with Gasteiger partial charge >= 0.3 is 5.97 Å². The minimum Gasteiger partial charge on any atom is -0.454 e. The second-order valence-electron chi connectivity index (χ2n) is 11.6. The van der Waals surface area contributed by atoms with Crippen LogP contribution in [-0.4, -0.2) is 63.2 Å². The number of hydrogen-bond acceptors (Lipinski definition) is 11. The van der Waals surface area contributed by atoms with Crippen LogP contribution in [0.2, 0.25) is 0 Å². The quantitative estimate of drug-likeness (QED) is 0.195. The number of halogens is 1. The summed E-state index contributed by atoms with van der Waals surface area (Å²) in [7, 11) is 0. The molecular formula is C30H39FN8O4S. The molecule has 2 atom stereocenters. The van der Waals surface area contributed by atoms with Crippen molar-refractivity contribution in [3.8, 4) is 10.7 Å². The summed E-state index contributed by atoms with van der Waals surface area (Å²) >= 11 is 1.34. The minimum atomic E-state index is -0.921. The van der Waals surface area contributed by atoms with E-state index in [0.717, 1.165) is 24.1 Å². The largest absolute Gasteiger partial charge is 0.454 e. The van der Waals surface area contributed by atoms with Crippen LogP contribution in [0.15, 0.2) is 36.7 Å². The summed E-state index contributed by atoms with van der Waals surface area (Å²) in [6.45, 7) is 7.34. The Kier molecular flexibility index (Phi) is 10.9. The Hall–Kier alpha value is -4.04. The minimum absolute atomic E-state index is 0.0962. The number of carbonyl (C=O) groups excluding carboxylic acids is 3. The molecule has 236 valence electrons. The third-order valence-electron chi connectivity index (χ3n) is 7.66. The van der Waals surface area contributed by atoms with Gasteiger partial charge in [-0.25, -0.2) is 14.2 Å². The van der Waals surface area contributed by atoms with E-state index >= 15 is 0 Å². The summed E-state index contributed by atoms with van der Waals surface area (Å²) in [6, 6.07) is 4.95. The standard InChI is InChI=1S/C30H39FN8O4S/c1-17(2)24(32)27(41)37-25(18(3)4)29(42)43-15-23(40)34-13-19-14-35-28(44-19)21-8-9-22(39-38-21)36-16-30(10-6-11-30)26-20(31)7-5-12-33-26/h5,7-9,12,14,17-18,24-25H,6,10-11,13,15-16,32H2,1-4H3,(H,34,40)(H,36,39)(H,37,41)/t24-,25-/m0/s1. The number of thiazole rings is 1.